The first-order valence-corrected chi connectivity index (χ1v) is 11.2. The monoisotopic (exact) mass is 451 g/mol. The number of aliphatic hydroxyl groups excluding tert-OH is 1. The molecule has 2 aliphatic heterocycles. The fourth-order valence-corrected chi connectivity index (χ4v) is 4.38. The Morgan fingerprint density at radius 2 is 1.91 bits per heavy atom. The molecule has 2 aromatic carbocycles. The maximum absolute atomic E-state index is 13.2. The van der Waals surface area contributed by atoms with Gasteiger partial charge in [0.15, 0.2) is 0 Å². The number of rotatable bonds is 7. The van der Waals surface area contributed by atoms with Crippen molar-refractivity contribution in [3.63, 3.8) is 0 Å². The molecular weight excluding hydrogens is 422 g/mol. The molecule has 2 atom stereocenters. The highest BCUT2D eigenvalue weighted by atomic mass is 16.5. The van der Waals surface area contributed by atoms with E-state index in [1.54, 1.807) is 49.6 Å². The highest BCUT2D eigenvalue weighted by molar-refractivity contribution is 6.46. The van der Waals surface area contributed by atoms with E-state index in [4.69, 9.17) is 14.2 Å². The molecule has 0 aromatic heterocycles. The number of ether oxygens (including phenoxy) is 3. The third kappa shape index (κ3) is 4.73. The number of amides is 1. The summed E-state index contributed by atoms with van der Waals surface area (Å²) in [5.74, 6) is -0.420. The Morgan fingerprint density at radius 1 is 1.15 bits per heavy atom. The third-order valence-electron chi connectivity index (χ3n) is 5.85. The van der Waals surface area contributed by atoms with Gasteiger partial charge in [-0.25, -0.2) is 0 Å². The summed E-state index contributed by atoms with van der Waals surface area (Å²) in [6.45, 7) is 4.73. The SMILES string of the molecule is COc1cccc(C2/C(=C(/O)c3cccc(OC(C)C)c3)C(=O)C(=O)N2CC2CCCO2)c1. The van der Waals surface area contributed by atoms with Crippen LogP contribution in [0.2, 0.25) is 0 Å². The fraction of sp³-hybridized carbons (Fsp3) is 0.385. The van der Waals surface area contributed by atoms with Gasteiger partial charge in [-0.2, -0.15) is 0 Å². The van der Waals surface area contributed by atoms with E-state index < -0.39 is 17.7 Å². The minimum atomic E-state index is -0.751. The molecule has 2 heterocycles. The highest BCUT2D eigenvalue weighted by Gasteiger charge is 2.47. The van der Waals surface area contributed by atoms with Crippen LogP contribution in [0.4, 0.5) is 0 Å². The van der Waals surface area contributed by atoms with Gasteiger partial charge in [-0.05, 0) is 56.5 Å². The van der Waals surface area contributed by atoms with Gasteiger partial charge >= 0.3 is 0 Å². The van der Waals surface area contributed by atoms with Crippen molar-refractivity contribution in [1.82, 2.24) is 4.90 Å². The minimum Gasteiger partial charge on any atom is -0.507 e. The molecule has 2 aromatic rings. The van der Waals surface area contributed by atoms with Crippen LogP contribution in [0.25, 0.3) is 5.76 Å². The average Bonchev–Trinajstić information content (AvgIpc) is 3.41. The molecular formula is C26H29NO6. The molecule has 7 nitrogen and oxygen atoms in total. The molecule has 2 saturated heterocycles. The zero-order valence-electron chi connectivity index (χ0n) is 19.1. The Morgan fingerprint density at radius 3 is 2.61 bits per heavy atom. The summed E-state index contributed by atoms with van der Waals surface area (Å²) in [7, 11) is 1.56. The summed E-state index contributed by atoms with van der Waals surface area (Å²) < 4.78 is 16.8. The van der Waals surface area contributed by atoms with Crippen LogP contribution < -0.4 is 9.47 Å². The zero-order valence-corrected chi connectivity index (χ0v) is 19.1. The number of carbonyl (C=O) groups excluding carboxylic acids is 2. The van der Waals surface area contributed by atoms with Gasteiger partial charge in [0.05, 0.1) is 30.9 Å². The zero-order chi connectivity index (χ0) is 23.5. The van der Waals surface area contributed by atoms with Crippen LogP contribution in [-0.4, -0.2) is 54.2 Å². The molecule has 33 heavy (non-hydrogen) atoms. The first kappa shape index (κ1) is 22.9. The molecule has 0 radical (unpaired) electrons. The topological polar surface area (TPSA) is 85.3 Å². The summed E-state index contributed by atoms with van der Waals surface area (Å²) in [6, 6.07) is 13.4. The molecule has 0 aliphatic carbocycles. The Balaban J connectivity index is 1.81. The van der Waals surface area contributed by atoms with Gasteiger partial charge in [-0.15, -0.1) is 0 Å². The van der Waals surface area contributed by atoms with Crippen molar-refractivity contribution in [3.05, 3.63) is 65.2 Å². The Hall–Kier alpha value is -3.32. The molecule has 7 heteroatoms. The van der Waals surface area contributed by atoms with Crippen molar-refractivity contribution in [2.75, 3.05) is 20.3 Å². The number of hydrogen-bond acceptors (Lipinski definition) is 6. The van der Waals surface area contributed by atoms with Crippen molar-refractivity contribution < 1.29 is 28.9 Å². The van der Waals surface area contributed by atoms with Crippen LogP contribution in [0, 0.1) is 0 Å². The highest BCUT2D eigenvalue weighted by Crippen LogP contribution is 2.41. The van der Waals surface area contributed by atoms with Gasteiger partial charge in [0.25, 0.3) is 11.7 Å². The number of benzene rings is 2. The molecule has 4 rings (SSSR count). The van der Waals surface area contributed by atoms with E-state index in [1.807, 2.05) is 19.9 Å². The molecule has 0 spiro atoms. The lowest BCUT2D eigenvalue weighted by molar-refractivity contribution is -0.140. The quantitative estimate of drug-likeness (QED) is 0.388. The van der Waals surface area contributed by atoms with Gasteiger partial charge in [0.1, 0.15) is 17.3 Å². The average molecular weight is 452 g/mol. The van der Waals surface area contributed by atoms with Crippen LogP contribution in [-0.2, 0) is 14.3 Å². The number of likely N-dealkylation sites (tertiary alicyclic amines) is 1. The smallest absolute Gasteiger partial charge is 0.295 e. The van der Waals surface area contributed by atoms with Gasteiger partial charge < -0.3 is 24.2 Å². The van der Waals surface area contributed by atoms with Gasteiger partial charge in [-0.1, -0.05) is 24.3 Å². The lowest BCUT2D eigenvalue weighted by Crippen LogP contribution is -2.36. The maximum atomic E-state index is 13.2. The summed E-state index contributed by atoms with van der Waals surface area (Å²) in [4.78, 5) is 27.8. The molecule has 0 saturated carbocycles. The predicted molar refractivity (Wildman–Crippen MR) is 123 cm³/mol. The normalized spacial score (nSPS) is 22.2. The fourth-order valence-electron chi connectivity index (χ4n) is 4.38. The van der Waals surface area contributed by atoms with E-state index in [2.05, 4.69) is 0 Å². The van der Waals surface area contributed by atoms with Crippen LogP contribution in [0.15, 0.2) is 54.1 Å². The summed E-state index contributed by atoms with van der Waals surface area (Å²) in [5.41, 5.74) is 1.15. The van der Waals surface area contributed by atoms with Gasteiger partial charge in [-0.3, -0.25) is 9.59 Å². The van der Waals surface area contributed by atoms with E-state index in [9.17, 15) is 14.7 Å². The van der Waals surface area contributed by atoms with Crippen molar-refractivity contribution in [2.24, 2.45) is 0 Å². The van der Waals surface area contributed by atoms with Crippen LogP contribution in [0.1, 0.15) is 43.9 Å². The third-order valence-corrected chi connectivity index (χ3v) is 5.85. The van der Waals surface area contributed by atoms with E-state index in [-0.39, 0.29) is 30.1 Å². The van der Waals surface area contributed by atoms with Crippen molar-refractivity contribution in [3.8, 4) is 11.5 Å². The molecule has 2 fully saturated rings. The molecule has 2 unspecified atom stereocenters. The maximum Gasteiger partial charge on any atom is 0.295 e. The van der Waals surface area contributed by atoms with Crippen molar-refractivity contribution >= 4 is 17.4 Å². The number of carbonyl (C=O) groups is 2. The second-order valence-corrected chi connectivity index (χ2v) is 8.56. The minimum absolute atomic E-state index is 0.0452. The Kier molecular flexibility index (Phi) is 6.70. The molecule has 1 amide bonds. The molecule has 0 bridgehead atoms. The van der Waals surface area contributed by atoms with Gasteiger partial charge in [0.2, 0.25) is 0 Å². The molecule has 2 aliphatic rings. The number of hydrogen-bond donors (Lipinski definition) is 1. The summed E-state index contributed by atoms with van der Waals surface area (Å²) in [5, 5.41) is 11.3. The Labute approximate surface area is 193 Å². The first-order chi connectivity index (χ1) is 15.9. The van der Waals surface area contributed by atoms with Crippen LogP contribution in [0.5, 0.6) is 11.5 Å². The lowest BCUT2D eigenvalue weighted by atomic mass is 9.95. The predicted octanol–water partition coefficient (Wildman–Crippen LogP) is 4.08. The summed E-state index contributed by atoms with van der Waals surface area (Å²) >= 11 is 0. The Bertz CT molecular complexity index is 1070. The second kappa shape index (κ2) is 9.67. The number of nitrogens with zero attached hydrogens (tertiary/aromatic N) is 1. The first-order valence-electron chi connectivity index (χ1n) is 11.2. The number of Topliss-reactive ketones (excluding diaryl/α,β-unsaturated/α-hetero) is 1. The van der Waals surface area contributed by atoms with Crippen molar-refractivity contribution in [2.45, 2.75) is 44.9 Å². The second-order valence-electron chi connectivity index (χ2n) is 8.56. The number of ketones is 1. The lowest BCUT2D eigenvalue weighted by Gasteiger charge is -2.27. The molecule has 1 N–H and O–H groups in total. The number of aliphatic hydroxyl groups is 1. The standard InChI is InChI=1S/C26H29NO6/c1-16(2)33-20-10-5-8-18(14-20)24(28)22-23(17-7-4-9-19(13-17)31-3)27(26(30)25(22)29)15-21-11-6-12-32-21/h4-5,7-10,13-14,16,21,23,28H,6,11-12,15H2,1-3H3/b24-22-. The van der Waals surface area contributed by atoms with E-state index in [0.29, 0.717) is 29.2 Å². The van der Waals surface area contributed by atoms with E-state index >= 15 is 0 Å². The van der Waals surface area contributed by atoms with E-state index in [1.165, 1.54) is 4.90 Å². The van der Waals surface area contributed by atoms with Crippen molar-refractivity contribution in [1.29, 1.82) is 0 Å². The van der Waals surface area contributed by atoms with E-state index in [0.717, 1.165) is 12.8 Å². The molecule has 174 valence electrons. The van der Waals surface area contributed by atoms with Gasteiger partial charge in [0, 0.05) is 18.7 Å². The summed E-state index contributed by atoms with van der Waals surface area (Å²) in [6.07, 6.45) is 1.55. The van der Waals surface area contributed by atoms with Crippen LogP contribution >= 0.6 is 0 Å². The van der Waals surface area contributed by atoms with Crippen LogP contribution in [0.3, 0.4) is 0 Å². The largest absolute Gasteiger partial charge is 0.507 e. The number of methoxy groups -OCH3 is 1.